The molecule has 0 saturated carbocycles. The number of ether oxygens (including phenoxy) is 2. The minimum atomic E-state index is 0.0398. The van der Waals surface area contributed by atoms with E-state index in [0.717, 1.165) is 30.3 Å². The highest BCUT2D eigenvalue weighted by atomic mass is 35.5. The summed E-state index contributed by atoms with van der Waals surface area (Å²) in [4.78, 5) is 16.7. The van der Waals surface area contributed by atoms with Gasteiger partial charge in [0.15, 0.2) is 0 Å². The second-order valence-corrected chi connectivity index (χ2v) is 6.26. The monoisotopic (exact) mass is 360 g/mol. The highest BCUT2D eigenvalue weighted by Crippen LogP contribution is 2.32. The van der Waals surface area contributed by atoms with Crippen LogP contribution >= 0.6 is 11.6 Å². The Hall–Kier alpha value is -2.40. The number of anilines is 1. The lowest BCUT2D eigenvalue weighted by atomic mass is 10.1. The van der Waals surface area contributed by atoms with Crippen molar-refractivity contribution < 1.29 is 14.3 Å². The SMILES string of the molecule is COc1ccc(N2CCN(C(=O)c3ccc(Cl)cc3)CC2)c(OC)c1. The Labute approximate surface area is 152 Å². The first kappa shape index (κ1) is 17.4. The molecule has 3 rings (SSSR count). The molecule has 0 bridgehead atoms. The Kier molecular flexibility index (Phi) is 5.34. The normalized spacial score (nSPS) is 14.4. The van der Waals surface area contributed by atoms with E-state index < -0.39 is 0 Å². The van der Waals surface area contributed by atoms with Crippen molar-refractivity contribution in [2.45, 2.75) is 0 Å². The highest BCUT2D eigenvalue weighted by molar-refractivity contribution is 6.30. The fraction of sp³-hybridized carbons (Fsp3) is 0.316. The average molecular weight is 361 g/mol. The molecule has 0 radical (unpaired) electrons. The van der Waals surface area contributed by atoms with Crippen LogP contribution in [-0.4, -0.2) is 51.2 Å². The zero-order valence-corrected chi connectivity index (χ0v) is 15.1. The topological polar surface area (TPSA) is 42.0 Å². The molecular weight excluding hydrogens is 340 g/mol. The highest BCUT2D eigenvalue weighted by Gasteiger charge is 2.24. The van der Waals surface area contributed by atoms with E-state index in [1.54, 1.807) is 38.5 Å². The maximum atomic E-state index is 12.6. The summed E-state index contributed by atoms with van der Waals surface area (Å²) in [5.41, 5.74) is 1.68. The molecule has 132 valence electrons. The Balaban J connectivity index is 1.67. The number of halogens is 1. The number of carbonyl (C=O) groups excluding carboxylic acids is 1. The number of amides is 1. The molecule has 5 nitrogen and oxygen atoms in total. The lowest BCUT2D eigenvalue weighted by molar-refractivity contribution is 0.0746. The molecule has 1 fully saturated rings. The predicted molar refractivity (Wildman–Crippen MR) is 99.1 cm³/mol. The van der Waals surface area contributed by atoms with E-state index in [-0.39, 0.29) is 5.91 Å². The number of rotatable bonds is 4. The van der Waals surface area contributed by atoms with Crippen LogP contribution in [0.25, 0.3) is 0 Å². The third-order valence-electron chi connectivity index (χ3n) is 4.39. The maximum Gasteiger partial charge on any atom is 0.253 e. The Morgan fingerprint density at radius 3 is 2.24 bits per heavy atom. The van der Waals surface area contributed by atoms with Crippen molar-refractivity contribution in [3.8, 4) is 11.5 Å². The van der Waals surface area contributed by atoms with Crippen LogP contribution < -0.4 is 14.4 Å². The number of methoxy groups -OCH3 is 2. The van der Waals surface area contributed by atoms with Crippen LogP contribution in [0.5, 0.6) is 11.5 Å². The van der Waals surface area contributed by atoms with E-state index in [9.17, 15) is 4.79 Å². The first-order chi connectivity index (χ1) is 12.1. The van der Waals surface area contributed by atoms with E-state index >= 15 is 0 Å². The molecule has 0 unspecified atom stereocenters. The van der Waals surface area contributed by atoms with Crippen molar-refractivity contribution in [1.82, 2.24) is 4.90 Å². The molecule has 0 spiro atoms. The van der Waals surface area contributed by atoms with Crippen LogP contribution in [-0.2, 0) is 0 Å². The van der Waals surface area contributed by atoms with Gasteiger partial charge >= 0.3 is 0 Å². The summed E-state index contributed by atoms with van der Waals surface area (Å²) in [6, 6.07) is 12.8. The first-order valence-electron chi connectivity index (χ1n) is 8.14. The Morgan fingerprint density at radius 1 is 0.960 bits per heavy atom. The van der Waals surface area contributed by atoms with Crippen LogP contribution in [0, 0.1) is 0 Å². The van der Waals surface area contributed by atoms with E-state index in [4.69, 9.17) is 21.1 Å². The lowest BCUT2D eigenvalue weighted by Crippen LogP contribution is -2.48. The van der Waals surface area contributed by atoms with Crippen molar-refractivity contribution >= 4 is 23.2 Å². The smallest absolute Gasteiger partial charge is 0.253 e. The van der Waals surface area contributed by atoms with Crippen molar-refractivity contribution in [3.63, 3.8) is 0 Å². The van der Waals surface area contributed by atoms with E-state index in [1.807, 2.05) is 23.1 Å². The van der Waals surface area contributed by atoms with Crippen LogP contribution in [0.4, 0.5) is 5.69 Å². The Morgan fingerprint density at radius 2 is 1.64 bits per heavy atom. The predicted octanol–water partition coefficient (Wildman–Crippen LogP) is 3.32. The van der Waals surface area contributed by atoms with Gasteiger partial charge in [-0.3, -0.25) is 4.79 Å². The van der Waals surface area contributed by atoms with Gasteiger partial charge in [-0.1, -0.05) is 11.6 Å². The molecule has 0 N–H and O–H groups in total. The summed E-state index contributed by atoms with van der Waals surface area (Å²) in [5, 5.41) is 0.632. The van der Waals surface area contributed by atoms with Gasteiger partial charge in [0.25, 0.3) is 5.91 Å². The van der Waals surface area contributed by atoms with Gasteiger partial charge in [0.2, 0.25) is 0 Å². The molecule has 1 saturated heterocycles. The lowest BCUT2D eigenvalue weighted by Gasteiger charge is -2.36. The zero-order valence-electron chi connectivity index (χ0n) is 14.4. The minimum Gasteiger partial charge on any atom is -0.497 e. The molecule has 1 amide bonds. The minimum absolute atomic E-state index is 0.0398. The van der Waals surface area contributed by atoms with Crippen LogP contribution in [0.15, 0.2) is 42.5 Å². The van der Waals surface area contributed by atoms with Gasteiger partial charge < -0.3 is 19.3 Å². The van der Waals surface area contributed by atoms with Gasteiger partial charge in [-0.2, -0.15) is 0 Å². The summed E-state index contributed by atoms with van der Waals surface area (Å²) in [7, 11) is 3.29. The molecule has 1 aliphatic rings. The molecular formula is C19H21ClN2O3. The second-order valence-electron chi connectivity index (χ2n) is 5.82. The van der Waals surface area contributed by atoms with Gasteiger partial charge in [0, 0.05) is 42.8 Å². The largest absolute Gasteiger partial charge is 0.497 e. The quantitative estimate of drug-likeness (QED) is 0.838. The fourth-order valence-electron chi connectivity index (χ4n) is 2.97. The van der Waals surface area contributed by atoms with E-state index in [0.29, 0.717) is 23.7 Å². The number of hydrogen-bond donors (Lipinski definition) is 0. The molecule has 0 atom stereocenters. The summed E-state index contributed by atoms with van der Waals surface area (Å²) in [6.07, 6.45) is 0. The van der Waals surface area contributed by atoms with Crippen molar-refractivity contribution in [2.24, 2.45) is 0 Å². The molecule has 6 heteroatoms. The van der Waals surface area contributed by atoms with Gasteiger partial charge in [0.05, 0.1) is 19.9 Å². The third-order valence-corrected chi connectivity index (χ3v) is 4.64. The average Bonchev–Trinajstić information content (AvgIpc) is 2.67. The molecule has 1 heterocycles. The zero-order chi connectivity index (χ0) is 17.8. The molecule has 1 aliphatic heterocycles. The van der Waals surface area contributed by atoms with Crippen LogP contribution in [0.3, 0.4) is 0 Å². The second kappa shape index (κ2) is 7.66. The van der Waals surface area contributed by atoms with Crippen molar-refractivity contribution in [2.75, 3.05) is 45.3 Å². The van der Waals surface area contributed by atoms with Gasteiger partial charge in [0.1, 0.15) is 11.5 Å². The van der Waals surface area contributed by atoms with E-state index in [1.165, 1.54) is 0 Å². The first-order valence-corrected chi connectivity index (χ1v) is 8.52. The van der Waals surface area contributed by atoms with Crippen molar-refractivity contribution in [3.05, 3.63) is 53.1 Å². The van der Waals surface area contributed by atoms with E-state index in [2.05, 4.69) is 4.90 Å². The summed E-state index contributed by atoms with van der Waals surface area (Å²) in [5.74, 6) is 1.58. The number of benzene rings is 2. The molecule has 2 aromatic carbocycles. The molecule has 0 aliphatic carbocycles. The summed E-state index contributed by atoms with van der Waals surface area (Å²) in [6.45, 7) is 2.83. The molecule has 2 aromatic rings. The van der Waals surface area contributed by atoms with Gasteiger partial charge in [-0.15, -0.1) is 0 Å². The summed E-state index contributed by atoms with van der Waals surface area (Å²) < 4.78 is 10.7. The number of hydrogen-bond acceptors (Lipinski definition) is 4. The van der Waals surface area contributed by atoms with Crippen molar-refractivity contribution in [1.29, 1.82) is 0 Å². The maximum absolute atomic E-state index is 12.6. The Bertz CT molecular complexity index is 741. The number of nitrogens with zero attached hydrogens (tertiary/aromatic N) is 2. The fourth-order valence-corrected chi connectivity index (χ4v) is 3.10. The van der Waals surface area contributed by atoms with Crippen LogP contribution in [0.1, 0.15) is 10.4 Å². The number of piperazine rings is 1. The molecule has 25 heavy (non-hydrogen) atoms. The standard InChI is InChI=1S/C19H21ClN2O3/c1-24-16-7-8-17(18(13-16)25-2)21-9-11-22(12-10-21)19(23)14-3-5-15(20)6-4-14/h3-8,13H,9-12H2,1-2H3. The van der Waals surface area contributed by atoms with Crippen LogP contribution in [0.2, 0.25) is 5.02 Å². The third kappa shape index (κ3) is 3.82. The summed E-state index contributed by atoms with van der Waals surface area (Å²) >= 11 is 5.89. The van der Waals surface area contributed by atoms with Gasteiger partial charge in [-0.05, 0) is 36.4 Å². The number of carbonyl (C=O) groups is 1. The van der Waals surface area contributed by atoms with Gasteiger partial charge in [-0.25, -0.2) is 0 Å². The molecule has 0 aromatic heterocycles.